The third-order valence-corrected chi connectivity index (χ3v) is 4.30. The van der Waals surface area contributed by atoms with Gasteiger partial charge in [-0.15, -0.1) is 0 Å². The van der Waals surface area contributed by atoms with E-state index in [-0.39, 0.29) is 11.5 Å². The summed E-state index contributed by atoms with van der Waals surface area (Å²) >= 11 is 0. The van der Waals surface area contributed by atoms with Crippen LogP contribution < -0.4 is 0 Å². The first-order chi connectivity index (χ1) is 10.0. The third kappa shape index (κ3) is 2.39. The lowest BCUT2D eigenvalue weighted by Crippen LogP contribution is -2.41. The molecule has 1 aromatic rings. The second kappa shape index (κ2) is 5.09. The Labute approximate surface area is 120 Å². The molecule has 0 radical (unpaired) electrons. The molecule has 112 valence electrons. The summed E-state index contributed by atoms with van der Waals surface area (Å²) in [6.07, 6.45) is 1.46. The number of carbonyl (C=O) groups excluding carboxylic acids is 1. The van der Waals surface area contributed by atoms with E-state index in [1.807, 2.05) is 0 Å². The van der Waals surface area contributed by atoms with Crippen LogP contribution in [-0.2, 0) is 9.59 Å². The molecule has 1 aliphatic carbocycles. The molecule has 2 unspecified atom stereocenters. The summed E-state index contributed by atoms with van der Waals surface area (Å²) in [6, 6.07) is 2.83. The number of rotatable bonds is 3. The van der Waals surface area contributed by atoms with Crippen molar-refractivity contribution in [2.75, 3.05) is 6.54 Å². The molecular formula is C15H15F2NO3. The van der Waals surface area contributed by atoms with Crippen LogP contribution in [0.25, 0.3) is 0 Å². The lowest BCUT2D eigenvalue weighted by molar-refractivity contribution is -0.148. The van der Waals surface area contributed by atoms with Crippen LogP contribution in [0.2, 0.25) is 0 Å². The van der Waals surface area contributed by atoms with Crippen molar-refractivity contribution in [1.82, 2.24) is 4.90 Å². The number of carboxylic acids is 1. The Morgan fingerprint density at radius 1 is 1.24 bits per heavy atom. The Morgan fingerprint density at radius 2 is 1.90 bits per heavy atom. The first-order valence-electron chi connectivity index (χ1n) is 6.98. The van der Waals surface area contributed by atoms with Crippen LogP contribution in [0.15, 0.2) is 18.2 Å². The Kier molecular flexibility index (Phi) is 3.39. The minimum Gasteiger partial charge on any atom is -0.480 e. The molecule has 0 aromatic heterocycles. The van der Waals surface area contributed by atoms with Gasteiger partial charge in [-0.3, -0.25) is 4.79 Å². The maximum Gasteiger partial charge on any atom is 0.326 e. The highest BCUT2D eigenvalue weighted by Crippen LogP contribution is 2.50. The standard InChI is InChI=1S/C15H15F2NO3/c16-10-3-1-4-11(17)13(10)8-7-9(8)14(19)18-6-2-5-12(18)15(20)21/h1,3-4,8-9,12H,2,5-7H2,(H,20,21)/t8?,9?,12-/m0/s1. The summed E-state index contributed by atoms with van der Waals surface area (Å²) in [5.41, 5.74) is -0.0538. The normalized spacial score (nSPS) is 27.7. The van der Waals surface area contributed by atoms with E-state index in [9.17, 15) is 18.4 Å². The van der Waals surface area contributed by atoms with Gasteiger partial charge in [-0.1, -0.05) is 6.07 Å². The molecule has 21 heavy (non-hydrogen) atoms. The van der Waals surface area contributed by atoms with Gasteiger partial charge in [0.1, 0.15) is 17.7 Å². The fraction of sp³-hybridized carbons (Fsp3) is 0.467. The lowest BCUT2D eigenvalue weighted by atomic mass is 10.1. The average Bonchev–Trinajstić information content (AvgIpc) is 3.03. The van der Waals surface area contributed by atoms with E-state index in [1.54, 1.807) is 0 Å². The van der Waals surface area contributed by atoms with E-state index in [1.165, 1.54) is 23.1 Å². The van der Waals surface area contributed by atoms with Crippen LogP contribution in [0.4, 0.5) is 8.78 Å². The molecule has 1 aliphatic heterocycles. The molecule has 0 bridgehead atoms. The fourth-order valence-corrected chi connectivity index (χ4v) is 3.15. The number of benzene rings is 1. The van der Waals surface area contributed by atoms with Crippen molar-refractivity contribution in [3.05, 3.63) is 35.4 Å². The molecule has 2 fully saturated rings. The summed E-state index contributed by atoms with van der Waals surface area (Å²) in [7, 11) is 0. The monoisotopic (exact) mass is 295 g/mol. The molecule has 3 atom stereocenters. The van der Waals surface area contributed by atoms with Crippen LogP contribution in [0.3, 0.4) is 0 Å². The first kappa shape index (κ1) is 14.0. The van der Waals surface area contributed by atoms with E-state index in [4.69, 9.17) is 5.11 Å². The third-order valence-electron chi connectivity index (χ3n) is 4.30. The van der Waals surface area contributed by atoms with Gasteiger partial charge in [0.05, 0.1) is 0 Å². The van der Waals surface area contributed by atoms with E-state index in [0.717, 1.165) is 0 Å². The van der Waals surface area contributed by atoms with Crippen molar-refractivity contribution in [3.8, 4) is 0 Å². The highest BCUT2D eigenvalue weighted by molar-refractivity contribution is 5.88. The molecule has 4 nitrogen and oxygen atoms in total. The minimum absolute atomic E-state index is 0.0538. The minimum atomic E-state index is -1.02. The second-order valence-corrected chi connectivity index (χ2v) is 5.61. The number of hydrogen-bond donors (Lipinski definition) is 1. The number of hydrogen-bond acceptors (Lipinski definition) is 2. The maximum absolute atomic E-state index is 13.7. The highest BCUT2D eigenvalue weighted by Gasteiger charge is 2.50. The van der Waals surface area contributed by atoms with Gasteiger partial charge in [-0.2, -0.15) is 0 Å². The molecular weight excluding hydrogens is 280 g/mol. The van der Waals surface area contributed by atoms with E-state index in [0.29, 0.717) is 25.8 Å². The van der Waals surface area contributed by atoms with Crippen molar-refractivity contribution < 1.29 is 23.5 Å². The van der Waals surface area contributed by atoms with Gasteiger partial charge >= 0.3 is 5.97 Å². The summed E-state index contributed by atoms with van der Waals surface area (Å²) in [4.78, 5) is 24.8. The number of halogens is 2. The van der Waals surface area contributed by atoms with Crippen LogP contribution in [0, 0.1) is 17.6 Å². The van der Waals surface area contributed by atoms with Crippen molar-refractivity contribution in [2.24, 2.45) is 5.92 Å². The predicted molar refractivity (Wildman–Crippen MR) is 69.6 cm³/mol. The quantitative estimate of drug-likeness (QED) is 0.929. The average molecular weight is 295 g/mol. The number of amides is 1. The summed E-state index contributed by atoms with van der Waals surface area (Å²) in [5.74, 6) is -3.59. The SMILES string of the molecule is O=C(O)[C@@H]1CCCN1C(=O)C1CC1c1c(F)cccc1F. The largest absolute Gasteiger partial charge is 0.480 e. The molecule has 0 spiro atoms. The van der Waals surface area contributed by atoms with Crippen LogP contribution in [-0.4, -0.2) is 34.5 Å². The zero-order chi connectivity index (χ0) is 15.1. The van der Waals surface area contributed by atoms with E-state index < -0.39 is 35.5 Å². The van der Waals surface area contributed by atoms with Crippen molar-refractivity contribution >= 4 is 11.9 Å². The highest BCUT2D eigenvalue weighted by atomic mass is 19.1. The van der Waals surface area contributed by atoms with Crippen molar-refractivity contribution in [3.63, 3.8) is 0 Å². The molecule has 3 rings (SSSR count). The number of aliphatic carboxylic acids is 1. The van der Waals surface area contributed by atoms with Gasteiger partial charge in [0.15, 0.2) is 0 Å². The Hall–Kier alpha value is -1.98. The predicted octanol–water partition coefficient (Wildman–Crippen LogP) is 2.14. The Bertz CT molecular complexity index is 584. The van der Waals surface area contributed by atoms with Gasteiger partial charge in [-0.05, 0) is 31.4 Å². The first-order valence-corrected chi connectivity index (χ1v) is 6.98. The number of nitrogens with zero attached hydrogens (tertiary/aromatic N) is 1. The zero-order valence-corrected chi connectivity index (χ0v) is 11.3. The van der Waals surface area contributed by atoms with Gasteiger partial charge in [0.2, 0.25) is 5.91 Å². The molecule has 1 saturated heterocycles. The Balaban J connectivity index is 1.76. The Morgan fingerprint density at radius 3 is 2.52 bits per heavy atom. The van der Waals surface area contributed by atoms with Gasteiger partial charge in [0.25, 0.3) is 0 Å². The van der Waals surface area contributed by atoms with E-state index in [2.05, 4.69) is 0 Å². The molecule has 1 N–H and O–H groups in total. The number of carbonyl (C=O) groups is 2. The van der Waals surface area contributed by atoms with Crippen molar-refractivity contribution in [2.45, 2.75) is 31.2 Å². The van der Waals surface area contributed by atoms with Crippen LogP contribution in [0.5, 0.6) is 0 Å². The van der Waals surface area contributed by atoms with Gasteiger partial charge in [-0.25, -0.2) is 13.6 Å². The zero-order valence-electron chi connectivity index (χ0n) is 11.3. The summed E-state index contributed by atoms with van der Waals surface area (Å²) in [6.45, 7) is 0.402. The van der Waals surface area contributed by atoms with Gasteiger partial charge in [0, 0.05) is 23.9 Å². The molecule has 1 aromatic carbocycles. The molecule has 2 aliphatic rings. The summed E-state index contributed by atoms with van der Waals surface area (Å²) in [5, 5.41) is 9.09. The fourth-order valence-electron chi connectivity index (χ4n) is 3.15. The second-order valence-electron chi connectivity index (χ2n) is 5.61. The molecule has 1 saturated carbocycles. The number of likely N-dealkylation sites (tertiary alicyclic amines) is 1. The van der Waals surface area contributed by atoms with Gasteiger partial charge < -0.3 is 10.0 Å². The molecule has 6 heteroatoms. The van der Waals surface area contributed by atoms with E-state index >= 15 is 0 Å². The lowest BCUT2D eigenvalue weighted by Gasteiger charge is -2.21. The maximum atomic E-state index is 13.7. The summed E-state index contributed by atoms with van der Waals surface area (Å²) < 4.78 is 27.4. The topological polar surface area (TPSA) is 57.6 Å². The molecule has 1 amide bonds. The molecule has 1 heterocycles. The number of carboxylic acid groups (broad SMARTS) is 1. The van der Waals surface area contributed by atoms with Crippen LogP contribution >= 0.6 is 0 Å². The van der Waals surface area contributed by atoms with Crippen molar-refractivity contribution in [1.29, 1.82) is 0 Å². The van der Waals surface area contributed by atoms with Crippen LogP contribution in [0.1, 0.15) is 30.7 Å². The smallest absolute Gasteiger partial charge is 0.326 e.